The first-order chi connectivity index (χ1) is 15.6. The van der Waals surface area contributed by atoms with E-state index in [1.165, 1.54) is 30.6 Å². The average Bonchev–Trinajstić information content (AvgIpc) is 2.80. The number of ether oxygens (including phenoxy) is 1. The van der Waals surface area contributed by atoms with Crippen molar-refractivity contribution in [2.45, 2.75) is 97.3 Å². The average molecular weight is 451 g/mol. The predicted octanol–water partition coefficient (Wildman–Crippen LogP) is 6.68. The Morgan fingerprint density at radius 3 is 2.22 bits per heavy atom. The maximum Gasteiger partial charge on any atom is 0.409 e. The first-order valence-electron chi connectivity index (χ1n) is 12.9. The molecule has 0 spiro atoms. The van der Waals surface area contributed by atoms with Crippen molar-refractivity contribution in [3.8, 4) is 0 Å². The van der Waals surface area contributed by atoms with E-state index in [9.17, 15) is 9.59 Å². The van der Waals surface area contributed by atoms with Gasteiger partial charge < -0.3 is 15.0 Å². The van der Waals surface area contributed by atoms with E-state index in [2.05, 4.69) is 43.5 Å². The SMILES string of the molecule is CCC=CCC=CCCCCCC(CCCCCCC)C(=O)COC(=O)N(C)CCNC. The quantitative estimate of drug-likeness (QED) is 0.156. The van der Waals surface area contributed by atoms with E-state index < -0.39 is 6.09 Å². The van der Waals surface area contributed by atoms with Crippen molar-refractivity contribution in [3.05, 3.63) is 24.3 Å². The highest BCUT2D eigenvalue weighted by Crippen LogP contribution is 2.20. The minimum absolute atomic E-state index is 0.0155. The topological polar surface area (TPSA) is 58.6 Å². The van der Waals surface area contributed by atoms with E-state index >= 15 is 0 Å². The smallest absolute Gasteiger partial charge is 0.409 e. The van der Waals surface area contributed by atoms with Gasteiger partial charge in [-0.15, -0.1) is 0 Å². The van der Waals surface area contributed by atoms with Gasteiger partial charge in [0.25, 0.3) is 0 Å². The largest absolute Gasteiger partial charge is 0.441 e. The Balaban J connectivity index is 4.33. The summed E-state index contributed by atoms with van der Waals surface area (Å²) >= 11 is 0. The normalized spacial score (nSPS) is 12.5. The number of carbonyl (C=O) groups is 2. The first-order valence-corrected chi connectivity index (χ1v) is 12.9. The van der Waals surface area contributed by atoms with Crippen molar-refractivity contribution in [2.75, 3.05) is 33.8 Å². The number of hydrogen-bond acceptors (Lipinski definition) is 4. The van der Waals surface area contributed by atoms with Gasteiger partial charge in [0.05, 0.1) is 0 Å². The second kappa shape index (κ2) is 22.6. The summed E-state index contributed by atoms with van der Waals surface area (Å²) in [4.78, 5) is 26.3. The Hall–Kier alpha value is -1.62. The zero-order valence-corrected chi connectivity index (χ0v) is 21.4. The molecule has 0 bridgehead atoms. The number of ketones is 1. The van der Waals surface area contributed by atoms with Crippen LogP contribution in [0.25, 0.3) is 0 Å². The van der Waals surface area contributed by atoms with Crippen LogP contribution in [0.15, 0.2) is 24.3 Å². The molecule has 0 radical (unpaired) electrons. The fraction of sp³-hybridized carbons (Fsp3) is 0.778. The highest BCUT2D eigenvalue weighted by atomic mass is 16.6. The maximum absolute atomic E-state index is 12.8. The minimum Gasteiger partial charge on any atom is -0.441 e. The molecule has 0 saturated heterocycles. The summed E-state index contributed by atoms with van der Waals surface area (Å²) in [6.07, 6.45) is 22.9. The van der Waals surface area contributed by atoms with Gasteiger partial charge in [0, 0.05) is 26.1 Å². The van der Waals surface area contributed by atoms with E-state index in [0.29, 0.717) is 13.1 Å². The predicted molar refractivity (Wildman–Crippen MR) is 136 cm³/mol. The summed E-state index contributed by atoms with van der Waals surface area (Å²) in [5.41, 5.74) is 0. The summed E-state index contributed by atoms with van der Waals surface area (Å²) in [5.74, 6) is 0.0974. The Kier molecular flexibility index (Phi) is 21.4. The molecule has 0 saturated carbocycles. The maximum atomic E-state index is 12.8. The van der Waals surface area contributed by atoms with Gasteiger partial charge >= 0.3 is 6.09 Å². The second-order valence-electron chi connectivity index (χ2n) is 8.67. The lowest BCUT2D eigenvalue weighted by Gasteiger charge is -2.19. The summed E-state index contributed by atoms with van der Waals surface area (Å²) in [5, 5.41) is 3.00. The molecule has 0 aliphatic carbocycles. The number of nitrogens with zero attached hydrogens (tertiary/aromatic N) is 1. The Bertz CT molecular complexity index is 517. The zero-order valence-electron chi connectivity index (χ0n) is 21.4. The molecule has 0 aromatic heterocycles. The molecule has 1 atom stereocenters. The number of unbranched alkanes of at least 4 members (excludes halogenated alkanes) is 7. The van der Waals surface area contributed by atoms with Crippen molar-refractivity contribution >= 4 is 11.9 Å². The summed E-state index contributed by atoms with van der Waals surface area (Å²) in [6.45, 7) is 5.52. The van der Waals surface area contributed by atoms with Crippen LogP contribution >= 0.6 is 0 Å². The van der Waals surface area contributed by atoms with Gasteiger partial charge in [0.2, 0.25) is 0 Å². The molecule has 0 aliphatic heterocycles. The summed E-state index contributed by atoms with van der Waals surface area (Å²) in [6, 6.07) is 0. The molecule has 0 aromatic rings. The highest BCUT2D eigenvalue weighted by molar-refractivity contribution is 5.84. The standard InChI is InChI=1S/C27H50N2O3/c1-5-7-9-11-12-13-14-15-17-19-21-25(20-18-16-10-8-6-2)26(30)24-32-27(31)29(4)23-22-28-3/h7,9,12-13,25,28H,5-6,8,10-11,14-24H2,1-4H3. The van der Waals surface area contributed by atoms with Crippen LogP contribution in [-0.4, -0.2) is 50.6 Å². The number of carbonyl (C=O) groups excluding carboxylic acids is 2. The van der Waals surface area contributed by atoms with Crippen LogP contribution in [-0.2, 0) is 9.53 Å². The van der Waals surface area contributed by atoms with E-state index in [-0.39, 0.29) is 18.3 Å². The van der Waals surface area contributed by atoms with Crippen molar-refractivity contribution in [2.24, 2.45) is 5.92 Å². The van der Waals surface area contributed by atoms with Crippen LogP contribution in [0.5, 0.6) is 0 Å². The van der Waals surface area contributed by atoms with Crippen LogP contribution in [0.1, 0.15) is 97.3 Å². The van der Waals surface area contributed by atoms with Gasteiger partial charge in [-0.25, -0.2) is 4.79 Å². The number of Topliss-reactive ketones (excluding diaryl/α,β-unsaturated/α-hetero) is 1. The van der Waals surface area contributed by atoms with Gasteiger partial charge in [0.1, 0.15) is 0 Å². The van der Waals surface area contributed by atoms with Crippen molar-refractivity contribution in [1.29, 1.82) is 0 Å². The highest BCUT2D eigenvalue weighted by Gasteiger charge is 2.20. The van der Waals surface area contributed by atoms with Crippen LogP contribution in [0.2, 0.25) is 0 Å². The van der Waals surface area contributed by atoms with Gasteiger partial charge in [-0.1, -0.05) is 83.1 Å². The molecule has 1 N–H and O–H groups in total. The third kappa shape index (κ3) is 18.0. The third-order valence-electron chi connectivity index (χ3n) is 5.72. The molecule has 0 rings (SSSR count). The summed E-state index contributed by atoms with van der Waals surface area (Å²) < 4.78 is 5.28. The Morgan fingerprint density at radius 2 is 1.56 bits per heavy atom. The fourth-order valence-corrected chi connectivity index (χ4v) is 3.58. The van der Waals surface area contributed by atoms with Crippen molar-refractivity contribution in [3.63, 3.8) is 0 Å². The molecule has 186 valence electrons. The van der Waals surface area contributed by atoms with Gasteiger partial charge in [-0.3, -0.25) is 4.79 Å². The van der Waals surface area contributed by atoms with Crippen LogP contribution in [0.4, 0.5) is 4.79 Å². The first kappa shape index (κ1) is 30.4. The molecule has 5 heteroatoms. The number of amides is 1. The number of rotatable bonds is 21. The molecule has 0 aliphatic rings. The van der Waals surface area contributed by atoms with Crippen molar-refractivity contribution < 1.29 is 14.3 Å². The molecule has 1 unspecified atom stereocenters. The Labute approximate surface area is 198 Å². The Morgan fingerprint density at radius 1 is 0.906 bits per heavy atom. The van der Waals surface area contributed by atoms with Gasteiger partial charge in [0.15, 0.2) is 12.4 Å². The lowest BCUT2D eigenvalue weighted by molar-refractivity contribution is -0.126. The number of hydrogen-bond donors (Lipinski definition) is 1. The third-order valence-corrected chi connectivity index (χ3v) is 5.72. The lowest BCUT2D eigenvalue weighted by Crippen LogP contribution is -2.34. The molecular formula is C27H50N2O3. The van der Waals surface area contributed by atoms with E-state index in [1.54, 1.807) is 7.05 Å². The molecule has 32 heavy (non-hydrogen) atoms. The summed E-state index contributed by atoms with van der Waals surface area (Å²) in [7, 11) is 3.54. The van der Waals surface area contributed by atoms with Gasteiger partial charge in [-0.05, 0) is 45.6 Å². The van der Waals surface area contributed by atoms with E-state index in [0.717, 1.165) is 57.8 Å². The van der Waals surface area contributed by atoms with Gasteiger partial charge in [-0.2, -0.15) is 0 Å². The number of nitrogens with one attached hydrogen (secondary N) is 1. The van der Waals surface area contributed by atoms with E-state index in [1.807, 2.05) is 7.05 Å². The zero-order chi connectivity index (χ0) is 23.9. The van der Waals surface area contributed by atoms with Crippen molar-refractivity contribution in [1.82, 2.24) is 10.2 Å². The molecule has 0 aromatic carbocycles. The number of allylic oxidation sites excluding steroid dienone is 4. The monoisotopic (exact) mass is 450 g/mol. The molecule has 0 heterocycles. The van der Waals surface area contributed by atoms with Crippen LogP contribution in [0.3, 0.4) is 0 Å². The molecule has 5 nitrogen and oxygen atoms in total. The number of likely N-dealkylation sites (N-methyl/N-ethyl adjacent to an activating group) is 2. The molecule has 0 fully saturated rings. The molecule has 1 amide bonds. The lowest BCUT2D eigenvalue weighted by atomic mass is 9.91. The second-order valence-corrected chi connectivity index (χ2v) is 8.67. The van der Waals surface area contributed by atoms with Crippen LogP contribution in [0, 0.1) is 5.92 Å². The minimum atomic E-state index is -0.420. The fourth-order valence-electron chi connectivity index (χ4n) is 3.58. The van der Waals surface area contributed by atoms with Crippen LogP contribution < -0.4 is 5.32 Å². The molecular weight excluding hydrogens is 400 g/mol. The van der Waals surface area contributed by atoms with E-state index in [4.69, 9.17) is 4.74 Å².